The second kappa shape index (κ2) is 6.74. The van der Waals surface area contributed by atoms with Crippen molar-refractivity contribution >= 4 is 11.7 Å². The van der Waals surface area contributed by atoms with E-state index in [0.717, 1.165) is 6.07 Å². The zero-order chi connectivity index (χ0) is 15.2. The fourth-order valence-corrected chi connectivity index (χ4v) is 1.77. The molecule has 7 heteroatoms. The molecule has 110 valence electrons. The molecule has 0 aliphatic rings. The molecule has 0 aliphatic carbocycles. The smallest absolute Gasteiger partial charge is 0.271 e. The molecule has 1 aromatic heterocycles. The molecular formula is C14H14F2N4O. The zero-order valence-electron chi connectivity index (χ0n) is 11.4. The number of hydrogen-bond donors (Lipinski definition) is 2. The molecule has 1 amide bonds. The molecule has 0 bridgehead atoms. The molecule has 0 fully saturated rings. The number of carbonyl (C=O) groups excluding carboxylic acids is 1. The van der Waals surface area contributed by atoms with Crippen LogP contribution in [0.25, 0.3) is 0 Å². The summed E-state index contributed by atoms with van der Waals surface area (Å²) in [7, 11) is 1.51. The molecule has 2 rings (SSSR count). The minimum absolute atomic E-state index is 0.218. The lowest BCUT2D eigenvalue weighted by molar-refractivity contribution is 0.0957. The summed E-state index contributed by atoms with van der Waals surface area (Å²) < 4.78 is 26.0. The SMILES string of the molecule is CNC(=O)c1ccc(NCCc2cc(F)cc(F)c2)nn1. The average molecular weight is 292 g/mol. The summed E-state index contributed by atoms with van der Waals surface area (Å²) >= 11 is 0. The van der Waals surface area contributed by atoms with Gasteiger partial charge in [0.15, 0.2) is 5.69 Å². The Bertz CT molecular complexity index is 611. The van der Waals surface area contributed by atoms with Gasteiger partial charge in [-0.15, -0.1) is 10.2 Å². The van der Waals surface area contributed by atoms with E-state index in [1.165, 1.54) is 25.2 Å². The number of anilines is 1. The van der Waals surface area contributed by atoms with Crippen LogP contribution in [-0.2, 0) is 6.42 Å². The summed E-state index contributed by atoms with van der Waals surface area (Å²) in [4.78, 5) is 11.3. The van der Waals surface area contributed by atoms with Gasteiger partial charge in [0.1, 0.15) is 17.5 Å². The summed E-state index contributed by atoms with van der Waals surface area (Å²) in [5.41, 5.74) is 0.769. The third-order valence-corrected chi connectivity index (χ3v) is 2.77. The molecule has 0 aliphatic heterocycles. The summed E-state index contributed by atoms with van der Waals surface area (Å²) in [6, 6.07) is 6.55. The van der Waals surface area contributed by atoms with Gasteiger partial charge in [0.05, 0.1) is 0 Å². The summed E-state index contributed by atoms with van der Waals surface area (Å²) in [6.07, 6.45) is 0.438. The molecule has 0 radical (unpaired) electrons. The van der Waals surface area contributed by atoms with Gasteiger partial charge in [0, 0.05) is 19.7 Å². The van der Waals surface area contributed by atoms with Crippen molar-refractivity contribution in [1.29, 1.82) is 0 Å². The number of aromatic nitrogens is 2. The van der Waals surface area contributed by atoms with Crippen molar-refractivity contribution in [1.82, 2.24) is 15.5 Å². The van der Waals surface area contributed by atoms with Gasteiger partial charge in [-0.1, -0.05) is 0 Å². The fourth-order valence-electron chi connectivity index (χ4n) is 1.77. The first kappa shape index (κ1) is 14.8. The lowest BCUT2D eigenvalue weighted by Gasteiger charge is -2.06. The van der Waals surface area contributed by atoms with Crippen LogP contribution < -0.4 is 10.6 Å². The van der Waals surface area contributed by atoms with Crippen LogP contribution in [0.1, 0.15) is 16.1 Å². The van der Waals surface area contributed by atoms with Crippen LogP contribution in [0.3, 0.4) is 0 Å². The third kappa shape index (κ3) is 4.20. The quantitative estimate of drug-likeness (QED) is 0.881. The van der Waals surface area contributed by atoms with Crippen molar-refractivity contribution in [2.24, 2.45) is 0 Å². The van der Waals surface area contributed by atoms with E-state index < -0.39 is 11.6 Å². The highest BCUT2D eigenvalue weighted by atomic mass is 19.1. The van der Waals surface area contributed by atoms with Crippen LogP contribution in [0, 0.1) is 11.6 Å². The highest BCUT2D eigenvalue weighted by Gasteiger charge is 2.05. The van der Waals surface area contributed by atoms with E-state index in [9.17, 15) is 13.6 Å². The first-order valence-corrected chi connectivity index (χ1v) is 6.33. The van der Waals surface area contributed by atoms with E-state index in [1.54, 1.807) is 6.07 Å². The Balaban J connectivity index is 1.90. The Hall–Kier alpha value is -2.57. The van der Waals surface area contributed by atoms with Crippen molar-refractivity contribution in [3.8, 4) is 0 Å². The topological polar surface area (TPSA) is 66.9 Å². The number of nitrogens with one attached hydrogen (secondary N) is 2. The van der Waals surface area contributed by atoms with E-state index in [4.69, 9.17) is 0 Å². The zero-order valence-corrected chi connectivity index (χ0v) is 11.4. The number of halogens is 2. The Morgan fingerprint density at radius 1 is 1.14 bits per heavy atom. The lowest BCUT2D eigenvalue weighted by atomic mass is 10.1. The van der Waals surface area contributed by atoms with Crippen LogP contribution in [-0.4, -0.2) is 29.7 Å². The van der Waals surface area contributed by atoms with Crippen LogP contribution in [0.5, 0.6) is 0 Å². The largest absolute Gasteiger partial charge is 0.368 e. The third-order valence-electron chi connectivity index (χ3n) is 2.77. The maximum atomic E-state index is 13.0. The van der Waals surface area contributed by atoms with Crippen LogP contribution in [0.4, 0.5) is 14.6 Å². The Labute approximate surface area is 120 Å². The van der Waals surface area contributed by atoms with Crippen molar-refractivity contribution in [2.75, 3.05) is 18.9 Å². The first-order valence-electron chi connectivity index (χ1n) is 6.33. The highest BCUT2D eigenvalue weighted by molar-refractivity contribution is 5.91. The van der Waals surface area contributed by atoms with E-state index >= 15 is 0 Å². The van der Waals surface area contributed by atoms with E-state index in [1.807, 2.05) is 0 Å². The maximum Gasteiger partial charge on any atom is 0.271 e. The van der Waals surface area contributed by atoms with Gasteiger partial charge in [-0.3, -0.25) is 4.79 Å². The summed E-state index contributed by atoms with van der Waals surface area (Å²) in [6.45, 7) is 0.441. The van der Waals surface area contributed by atoms with Gasteiger partial charge in [0.2, 0.25) is 0 Å². The van der Waals surface area contributed by atoms with Gasteiger partial charge >= 0.3 is 0 Å². The van der Waals surface area contributed by atoms with Crippen molar-refractivity contribution in [3.05, 3.63) is 53.2 Å². The average Bonchev–Trinajstić information content (AvgIpc) is 2.46. The number of rotatable bonds is 5. The second-order valence-electron chi connectivity index (χ2n) is 4.34. The molecule has 5 nitrogen and oxygen atoms in total. The Morgan fingerprint density at radius 2 is 1.86 bits per heavy atom. The minimum Gasteiger partial charge on any atom is -0.368 e. The van der Waals surface area contributed by atoms with Crippen LogP contribution in [0.2, 0.25) is 0 Å². The van der Waals surface area contributed by atoms with Crippen molar-refractivity contribution in [3.63, 3.8) is 0 Å². The van der Waals surface area contributed by atoms with E-state index in [-0.39, 0.29) is 11.6 Å². The standard InChI is InChI=1S/C14H14F2N4O/c1-17-14(21)12-2-3-13(20-19-12)18-5-4-9-6-10(15)8-11(16)7-9/h2-3,6-8H,4-5H2,1H3,(H,17,21)(H,18,20). The predicted octanol–water partition coefficient (Wildman–Crippen LogP) is 1.77. The monoisotopic (exact) mass is 292 g/mol. The molecular weight excluding hydrogens is 278 g/mol. The molecule has 0 unspecified atom stereocenters. The maximum absolute atomic E-state index is 13.0. The molecule has 0 saturated heterocycles. The molecule has 0 saturated carbocycles. The van der Waals surface area contributed by atoms with E-state index in [0.29, 0.717) is 24.3 Å². The minimum atomic E-state index is -0.597. The second-order valence-corrected chi connectivity index (χ2v) is 4.34. The number of amides is 1. The molecule has 0 spiro atoms. The van der Waals surface area contributed by atoms with Gasteiger partial charge in [-0.25, -0.2) is 8.78 Å². The number of carbonyl (C=O) groups is 1. The number of benzene rings is 1. The molecule has 2 aromatic rings. The van der Waals surface area contributed by atoms with Crippen LogP contribution >= 0.6 is 0 Å². The Morgan fingerprint density at radius 3 is 2.43 bits per heavy atom. The normalized spacial score (nSPS) is 10.2. The predicted molar refractivity (Wildman–Crippen MR) is 74.0 cm³/mol. The van der Waals surface area contributed by atoms with Crippen molar-refractivity contribution in [2.45, 2.75) is 6.42 Å². The molecule has 2 N–H and O–H groups in total. The summed E-state index contributed by atoms with van der Waals surface area (Å²) in [5.74, 6) is -1.02. The lowest BCUT2D eigenvalue weighted by Crippen LogP contribution is -2.20. The molecule has 21 heavy (non-hydrogen) atoms. The fraction of sp³-hybridized carbons (Fsp3) is 0.214. The van der Waals surface area contributed by atoms with Gasteiger partial charge in [0.25, 0.3) is 5.91 Å². The van der Waals surface area contributed by atoms with Gasteiger partial charge < -0.3 is 10.6 Å². The summed E-state index contributed by atoms with van der Waals surface area (Å²) in [5, 5.41) is 13.0. The van der Waals surface area contributed by atoms with Crippen LogP contribution in [0.15, 0.2) is 30.3 Å². The van der Waals surface area contributed by atoms with Gasteiger partial charge in [-0.2, -0.15) is 0 Å². The molecule has 1 aromatic carbocycles. The van der Waals surface area contributed by atoms with E-state index in [2.05, 4.69) is 20.8 Å². The molecule has 0 atom stereocenters. The van der Waals surface area contributed by atoms with Crippen molar-refractivity contribution < 1.29 is 13.6 Å². The first-order chi connectivity index (χ1) is 10.1. The Kier molecular flexibility index (Phi) is 4.76. The number of hydrogen-bond acceptors (Lipinski definition) is 4. The highest BCUT2D eigenvalue weighted by Crippen LogP contribution is 2.09. The molecule has 1 heterocycles. The van der Waals surface area contributed by atoms with Gasteiger partial charge in [-0.05, 0) is 36.2 Å². The number of nitrogens with zero attached hydrogens (tertiary/aromatic N) is 2.